The van der Waals surface area contributed by atoms with Crippen molar-refractivity contribution in [2.45, 2.75) is 20.0 Å². The fourth-order valence-electron chi connectivity index (χ4n) is 2.60. The summed E-state index contributed by atoms with van der Waals surface area (Å²) in [6, 6.07) is 9.61. The Labute approximate surface area is 164 Å². The summed E-state index contributed by atoms with van der Waals surface area (Å²) in [5.74, 6) is 0.676. The summed E-state index contributed by atoms with van der Waals surface area (Å²) >= 11 is 0. The van der Waals surface area contributed by atoms with Gasteiger partial charge in [-0.3, -0.25) is 4.79 Å². The van der Waals surface area contributed by atoms with Gasteiger partial charge in [0.25, 0.3) is 0 Å². The molecule has 2 aromatic rings. The second kappa shape index (κ2) is 9.64. The van der Waals surface area contributed by atoms with E-state index in [1.165, 1.54) is 40.4 Å². The number of ether oxygens (including phenoxy) is 5. The predicted molar refractivity (Wildman–Crippen MR) is 103 cm³/mol. The van der Waals surface area contributed by atoms with Gasteiger partial charge in [0, 0.05) is 5.56 Å². The number of Topliss-reactive ketones (excluding diaryl/α,β-unsaturated/α-hetero) is 1. The van der Waals surface area contributed by atoms with Crippen LogP contribution in [0.25, 0.3) is 0 Å². The van der Waals surface area contributed by atoms with Crippen molar-refractivity contribution < 1.29 is 33.3 Å². The van der Waals surface area contributed by atoms with E-state index in [0.29, 0.717) is 35.2 Å². The smallest absolute Gasteiger partial charge is 0.339 e. The lowest BCUT2D eigenvalue weighted by Crippen LogP contribution is -2.24. The number of esters is 1. The van der Waals surface area contributed by atoms with Crippen LogP contribution in [-0.4, -0.2) is 45.8 Å². The molecule has 0 aliphatic rings. The SMILES string of the molecule is CCOc1ccc(C(=O)[C@H](C)OC(=O)c2cc(OC)c(OC)c(OC)c2)cc1. The van der Waals surface area contributed by atoms with Gasteiger partial charge in [0.2, 0.25) is 11.5 Å². The van der Waals surface area contributed by atoms with Crippen molar-refractivity contribution in [3.63, 3.8) is 0 Å². The fourth-order valence-corrected chi connectivity index (χ4v) is 2.60. The highest BCUT2D eigenvalue weighted by Gasteiger charge is 2.23. The van der Waals surface area contributed by atoms with E-state index in [0.717, 1.165) is 0 Å². The Kier molecular flexibility index (Phi) is 7.26. The lowest BCUT2D eigenvalue weighted by Gasteiger charge is -2.16. The molecule has 1 atom stereocenters. The van der Waals surface area contributed by atoms with Gasteiger partial charge < -0.3 is 23.7 Å². The summed E-state index contributed by atoms with van der Waals surface area (Å²) in [5.41, 5.74) is 0.606. The van der Waals surface area contributed by atoms with Crippen LogP contribution in [0.3, 0.4) is 0 Å². The first kappa shape index (κ1) is 21.1. The van der Waals surface area contributed by atoms with Gasteiger partial charge in [0.1, 0.15) is 5.75 Å². The maximum atomic E-state index is 12.5. The minimum absolute atomic E-state index is 0.181. The third-order valence-corrected chi connectivity index (χ3v) is 4.00. The zero-order valence-electron chi connectivity index (χ0n) is 16.6. The van der Waals surface area contributed by atoms with Crippen molar-refractivity contribution in [1.29, 1.82) is 0 Å². The summed E-state index contributed by atoms with van der Waals surface area (Å²) < 4.78 is 26.4. The molecular weight excluding hydrogens is 364 g/mol. The molecule has 0 N–H and O–H groups in total. The Bertz CT molecular complexity index is 802. The zero-order valence-corrected chi connectivity index (χ0v) is 16.6. The molecule has 0 heterocycles. The average Bonchev–Trinajstić information content (AvgIpc) is 2.72. The monoisotopic (exact) mass is 388 g/mol. The number of hydrogen-bond donors (Lipinski definition) is 0. The lowest BCUT2D eigenvalue weighted by atomic mass is 10.1. The van der Waals surface area contributed by atoms with Crippen molar-refractivity contribution >= 4 is 11.8 Å². The fraction of sp³-hybridized carbons (Fsp3) is 0.333. The van der Waals surface area contributed by atoms with Gasteiger partial charge in [-0.2, -0.15) is 0 Å². The molecule has 2 aromatic carbocycles. The van der Waals surface area contributed by atoms with Gasteiger partial charge in [-0.05, 0) is 50.2 Å². The van der Waals surface area contributed by atoms with E-state index in [-0.39, 0.29) is 11.3 Å². The van der Waals surface area contributed by atoms with E-state index < -0.39 is 12.1 Å². The maximum Gasteiger partial charge on any atom is 0.339 e. The number of carbonyl (C=O) groups excluding carboxylic acids is 2. The second-order valence-electron chi connectivity index (χ2n) is 5.78. The molecule has 0 aromatic heterocycles. The Morgan fingerprint density at radius 3 is 1.93 bits per heavy atom. The number of methoxy groups -OCH3 is 3. The minimum atomic E-state index is -0.968. The van der Waals surface area contributed by atoms with Gasteiger partial charge in [0.05, 0.1) is 33.5 Å². The molecule has 0 saturated carbocycles. The molecule has 0 bridgehead atoms. The van der Waals surface area contributed by atoms with E-state index >= 15 is 0 Å². The average molecular weight is 388 g/mol. The number of hydrogen-bond acceptors (Lipinski definition) is 7. The van der Waals surface area contributed by atoms with Crippen LogP contribution < -0.4 is 18.9 Å². The van der Waals surface area contributed by atoms with Crippen LogP contribution in [0.2, 0.25) is 0 Å². The largest absolute Gasteiger partial charge is 0.494 e. The summed E-state index contributed by atoms with van der Waals surface area (Å²) in [5, 5.41) is 0. The Balaban J connectivity index is 2.16. The Hall–Kier alpha value is -3.22. The Morgan fingerprint density at radius 1 is 0.893 bits per heavy atom. The Morgan fingerprint density at radius 2 is 1.46 bits per heavy atom. The van der Waals surface area contributed by atoms with Crippen molar-refractivity contribution in [2.24, 2.45) is 0 Å². The molecule has 0 fully saturated rings. The number of ketones is 1. The highest BCUT2D eigenvalue weighted by molar-refractivity contribution is 6.01. The molecule has 0 radical (unpaired) electrons. The quantitative estimate of drug-likeness (QED) is 0.480. The van der Waals surface area contributed by atoms with Crippen LogP contribution in [0.15, 0.2) is 36.4 Å². The summed E-state index contributed by atoms with van der Waals surface area (Å²) in [6.07, 6.45) is -0.968. The molecule has 2 rings (SSSR count). The van der Waals surface area contributed by atoms with Gasteiger partial charge in [-0.1, -0.05) is 0 Å². The van der Waals surface area contributed by atoms with Gasteiger partial charge in [0.15, 0.2) is 17.6 Å². The van der Waals surface area contributed by atoms with Gasteiger partial charge >= 0.3 is 5.97 Å². The molecule has 0 saturated heterocycles. The van der Waals surface area contributed by atoms with E-state index in [9.17, 15) is 9.59 Å². The summed E-state index contributed by atoms with van der Waals surface area (Å²) in [4.78, 5) is 25.1. The van der Waals surface area contributed by atoms with Gasteiger partial charge in [-0.15, -0.1) is 0 Å². The van der Waals surface area contributed by atoms with Crippen molar-refractivity contribution in [2.75, 3.05) is 27.9 Å². The van der Waals surface area contributed by atoms with E-state index in [4.69, 9.17) is 23.7 Å². The predicted octanol–water partition coefficient (Wildman–Crippen LogP) is 3.54. The van der Waals surface area contributed by atoms with Crippen molar-refractivity contribution in [1.82, 2.24) is 0 Å². The molecular formula is C21H24O7. The summed E-state index contributed by atoms with van der Waals surface area (Å²) in [6.45, 7) is 3.94. The van der Waals surface area contributed by atoms with Crippen molar-refractivity contribution in [3.05, 3.63) is 47.5 Å². The highest BCUT2D eigenvalue weighted by Crippen LogP contribution is 2.38. The first-order valence-corrected chi connectivity index (χ1v) is 8.73. The van der Waals surface area contributed by atoms with E-state index in [1.54, 1.807) is 24.3 Å². The van der Waals surface area contributed by atoms with Crippen LogP contribution >= 0.6 is 0 Å². The maximum absolute atomic E-state index is 12.5. The topological polar surface area (TPSA) is 80.3 Å². The first-order valence-electron chi connectivity index (χ1n) is 8.73. The van der Waals surface area contributed by atoms with Crippen LogP contribution in [0.5, 0.6) is 23.0 Å². The molecule has 0 unspecified atom stereocenters. The molecule has 0 aliphatic carbocycles. The van der Waals surface area contributed by atoms with Crippen LogP contribution in [0, 0.1) is 0 Å². The molecule has 150 valence electrons. The lowest BCUT2D eigenvalue weighted by molar-refractivity contribution is 0.0318. The normalized spacial score (nSPS) is 11.3. The molecule has 0 spiro atoms. The molecule has 0 amide bonds. The first-order chi connectivity index (χ1) is 13.4. The highest BCUT2D eigenvalue weighted by atomic mass is 16.5. The van der Waals surface area contributed by atoms with Crippen LogP contribution in [0.4, 0.5) is 0 Å². The van der Waals surface area contributed by atoms with Gasteiger partial charge in [-0.25, -0.2) is 4.79 Å². The number of rotatable bonds is 9. The molecule has 0 aliphatic heterocycles. The molecule has 28 heavy (non-hydrogen) atoms. The third kappa shape index (κ3) is 4.73. The summed E-state index contributed by atoms with van der Waals surface area (Å²) in [7, 11) is 4.37. The van der Waals surface area contributed by atoms with E-state index in [1.807, 2.05) is 6.92 Å². The molecule has 7 nitrogen and oxygen atoms in total. The van der Waals surface area contributed by atoms with Crippen LogP contribution in [0.1, 0.15) is 34.6 Å². The van der Waals surface area contributed by atoms with Crippen molar-refractivity contribution in [3.8, 4) is 23.0 Å². The standard InChI is InChI=1S/C21H24O7/c1-6-27-16-9-7-14(8-10-16)19(22)13(2)28-21(23)15-11-17(24-3)20(26-5)18(12-15)25-4/h7-13H,6H2,1-5H3/t13-/m0/s1. The second-order valence-corrected chi connectivity index (χ2v) is 5.78. The van der Waals surface area contributed by atoms with Crippen LogP contribution in [-0.2, 0) is 4.74 Å². The number of carbonyl (C=O) groups is 2. The molecule has 7 heteroatoms. The third-order valence-electron chi connectivity index (χ3n) is 4.00. The van der Waals surface area contributed by atoms with E-state index in [2.05, 4.69) is 0 Å². The zero-order chi connectivity index (χ0) is 20.7. The minimum Gasteiger partial charge on any atom is -0.494 e. The number of benzene rings is 2.